The van der Waals surface area contributed by atoms with E-state index in [1.807, 2.05) is 0 Å². The van der Waals surface area contributed by atoms with Gasteiger partial charge < -0.3 is 14.0 Å². The number of hydrogen-bond acceptors (Lipinski definition) is 4. The second-order valence-corrected chi connectivity index (χ2v) is 7.75. The molecule has 0 N–H and O–H groups in total. The summed E-state index contributed by atoms with van der Waals surface area (Å²) in [5, 5.41) is 0. The molecule has 0 saturated carbocycles. The quantitative estimate of drug-likeness (QED) is 0.800. The first-order valence-corrected chi connectivity index (χ1v) is 8.55. The third kappa shape index (κ3) is 3.63. The molecule has 2 aliphatic rings. The molecule has 0 aliphatic carbocycles. The highest BCUT2D eigenvalue weighted by Gasteiger charge is 2.51. The Labute approximate surface area is 140 Å². The van der Waals surface area contributed by atoms with E-state index < -0.39 is 0 Å². The minimum Gasteiger partial charge on any atom is -0.399 e. The minimum absolute atomic E-state index is 0.280. The summed E-state index contributed by atoms with van der Waals surface area (Å²) in [7, 11) is -0.280. The fourth-order valence-corrected chi connectivity index (χ4v) is 3.05. The van der Waals surface area contributed by atoms with Crippen molar-refractivity contribution in [2.24, 2.45) is 0 Å². The van der Waals surface area contributed by atoms with Crippen LogP contribution < -0.4 is 5.46 Å². The van der Waals surface area contributed by atoms with Crippen LogP contribution in [0.25, 0.3) is 0 Å². The molecule has 126 valence electrons. The second kappa shape index (κ2) is 6.21. The normalized spacial score (nSPS) is 27.3. The van der Waals surface area contributed by atoms with Crippen LogP contribution in [0.2, 0.25) is 0 Å². The van der Waals surface area contributed by atoms with Crippen LogP contribution in [0.15, 0.2) is 24.3 Å². The van der Waals surface area contributed by atoms with Crippen LogP contribution in [0.1, 0.15) is 40.2 Å². The van der Waals surface area contributed by atoms with Crippen LogP contribution in [-0.4, -0.2) is 49.0 Å². The molecule has 4 nitrogen and oxygen atoms in total. The van der Waals surface area contributed by atoms with Gasteiger partial charge in [-0.05, 0) is 45.6 Å². The Bertz CT molecular complexity index is 528. The summed E-state index contributed by atoms with van der Waals surface area (Å²) in [6.45, 7) is 14.3. The molecule has 0 unspecified atom stereocenters. The maximum Gasteiger partial charge on any atom is 0.494 e. The minimum atomic E-state index is -0.291. The Hall–Kier alpha value is -0.875. The monoisotopic (exact) mass is 317 g/mol. The molecule has 23 heavy (non-hydrogen) atoms. The molecule has 2 heterocycles. The summed E-state index contributed by atoms with van der Waals surface area (Å²) >= 11 is 0. The highest BCUT2D eigenvalue weighted by molar-refractivity contribution is 6.62. The van der Waals surface area contributed by atoms with Gasteiger partial charge in [-0.3, -0.25) is 4.90 Å². The number of nitrogens with zero attached hydrogens (tertiary/aromatic N) is 1. The molecule has 5 heteroatoms. The number of morpholine rings is 1. The van der Waals surface area contributed by atoms with Crippen molar-refractivity contribution in [1.29, 1.82) is 0 Å². The number of hydrogen-bond donors (Lipinski definition) is 0. The molecule has 3 rings (SSSR count). The van der Waals surface area contributed by atoms with Gasteiger partial charge in [0.15, 0.2) is 0 Å². The lowest BCUT2D eigenvalue weighted by Gasteiger charge is -2.32. The first-order valence-electron chi connectivity index (χ1n) is 8.55. The summed E-state index contributed by atoms with van der Waals surface area (Å²) in [5.74, 6) is 0. The largest absolute Gasteiger partial charge is 0.494 e. The second-order valence-electron chi connectivity index (χ2n) is 7.75. The Morgan fingerprint density at radius 2 is 1.70 bits per heavy atom. The van der Waals surface area contributed by atoms with E-state index in [0.717, 1.165) is 31.7 Å². The molecule has 0 spiro atoms. The van der Waals surface area contributed by atoms with Crippen molar-refractivity contribution >= 4 is 12.6 Å². The fraction of sp³-hybridized carbons (Fsp3) is 0.667. The van der Waals surface area contributed by atoms with E-state index in [-0.39, 0.29) is 18.3 Å². The Kier molecular flexibility index (Phi) is 4.58. The molecule has 2 fully saturated rings. The lowest BCUT2D eigenvalue weighted by Crippen LogP contribution is -2.41. The van der Waals surface area contributed by atoms with E-state index in [4.69, 9.17) is 14.0 Å². The van der Waals surface area contributed by atoms with Crippen molar-refractivity contribution in [3.63, 3.8) is 0 Å². The third-order valence-corrected chi connectivity index (χ3v) is 5.24. The molecule has 0 radical (unpaired) electrons. The number of benzene rings is 1. The van der Waals surface area contributed by atoms with E-state index in [9.17, 15) is 0 Å². The number of ether oxygens (including phenoxy) is 1. The van der Waals surface area contributed by atoms with Crippen molar-refractivity contribution in [1.82, 2.24) is 4.90 Å². The Morgan fingerprint density at radius 1 is 1.09 bits per heavy atom. The van der Waals surface area contributed by atoms with Crippen LogP contribution in [0.3, 0.4) is 0 Å². The van der Waals surface area contributed by atoms with Crippen LogP contribution >= 0.6 is 0 Å². The lowest BCUT2D eigenvalue weighted by molar-refractivity contribution is -0.0212. The molecule has 2 aliphatic heterocycles. The van der Waals surface area contributed by atoms with Gasteiger partial charge in [0, 0.05) is 19.6 Å². The molecule has 0 bridgehead atoms. The van der Waals surface area contributed by atoms with Gasteiger partial charge in [-0.1, -0.05) is 24.3 Å². The summed E-state index contributed by atoms with van der Waals surface area (Å²) in [6.07, 6.45) is 0.327. The molecular weight excluding hydrogens is 289 g/mol. The average Bonchev–Trinajstić information content (AvgIpc) is 2.68. The van der Waals surface area contributed by atoms with Crippen molar-refractivity contribution in [3.8, 4) is 0 Å². The van der Waals surface area contributed by atoms with E-state index in [1.54, 1.807) is 0 Å². The Morgan fingerprint density at radius 3 is 2.26 bits per heavy atom. The van der Waals surface area contributed by atoms with Gasteiger partial charge in [0.1, 0.15) is 0 Å². The lowest BCUT2D eigenvalue weighted by atomic mass is 9.79. The zero-order valence-corrected chi connectivity index (χ0v) is 15.0. The highest BCUT2D eigenvalue weighted by atomic mass is 16.7. The molecule has 2 saturated heterocycles. The van der Waals surface area contributed by atoms with E-state index in [0.29, 0.717) is 6.10 Å². The van der Waals surface area contributed by atoms with Crippen molar-refractivity contribution in [2.75, 3.05) is 19.7 Å². The van der Waals surface area contributed by atoms with Crippen molar-refractivity contribution in [2.45, 2.75) is 58.5 Å². The topological polar surface area (TPSA) is 30.9 Å². The smallest absolute Gasteiger partial charge is 0.399 e. The predicted molar refractivity (Wildman–Crippen MR) is 92.8 cm³/mol. The molecule has 0 aromatic heterocycles. The zero-order chi connectivity index (χ0) is 16.7. The van der Waals surface area contributed by atoms with Gasteiger partial charge >= 0.3 is 7.12 Å². The van der Waals surface area contributed by atoms with Crippen molar-refractivity contribution < 1.29 is 14.0 Å². The highest BCUT2D eigenvalue weighted by Crippen LogP contribution is 2.36. The van der Waals surface area contributed by atoms with Gasteiger partial charge in [-0.2, -0.15) is 0 Å². The van der Waals surface area contributed by atoms with E-state index in [1.165, 1.54) is 5.56 Å². The molecule has 1 atom stereocenters. The summed E-state index contributed by atoms with van der Waals surface area (Å²) < 4.78 is 17.8. The summed E-state index contributed by atoms with van der Waals surface area (Å²) in [4.78, 5) is 2.44. The fourth-order valence-electron chi connectivity index (χ4n) is 3.05. The maximum absolute atomic E-state index is 6.10. The van der Waals surface area contributed by atoms with Crippen LogP contribution in [0, 0.1) is 0 Å². The predicted octanol–water partition coefficient (Wildman–Crippen LogP) is 2.21. The van der Waals surface area contributed by atoms with E-state index >= 15 is 0 Å². The van der Waals surface area contributed by atoms with Crippen molar-refractivity contribution in [3.05, 3.63) is 29.8 Å². The standard InChI is InChI=1S/C18H28BNO3/c1-14-12-20(10-11-21-14)13-15-6-8-16(9-7-15)19-22-17(2,3)18(4,5)23-19/h6-9,14H,10-13H2,1-5H3/t14-/m0/s1. The van der Waals surface area contributed by atoms with Gasteiger partial charge in [0.05, 0.1) is 23.9 Å². The average molecular weight is 317 g/mol. The molecule has 1 aromatic carbocycles. The summed E-state index contributed by atoms with van der Waals surface area (Å²) in [6, 6.07) is 8.61. The summed E-state index contributed by atoms with van der Waals surface area (Å²) in [5.41, 5.74) is 1.82. The van der Waals surface area contributed by atoms with Gasteiger partial charge in [0.25, 0.3) is 0 Å². The van der Waals surface area contributed by atoms with Crippen LogP contribution in [-0.2, 0) is 20.6 Å². The first kappa shape index (κ1) is 17.0. The SMILES string of the molecule is C[C@H]1CN(Cc2ccc(B3OC(C)(C)C(C)(C)O3)cc2)CCO1. The van der Waals surface area contributed by atoms with Gasteiger partial charge in [-0.15, -0.1) is 0 Å². The number of rotatable bonds is 3. The molecular formula is C18H28BNO3. The first-order chi connectivity index (χ1) is 10.8. The maximum atomic E-state index is 6.10. The van der Waals surface area contributed by atoms with Gasteiger partial charge in [-0.25, -0.2) is 0 Å². The molecule has 0 amide bonds. The Balaban J connectivity index is 1.64. The van der Waals surface area contributed by atoms with Crippen LogP contribution in [0.5, 0.6) is 0 Å². The van der Waals surface area contributed by atoms with Gasteiger partial charge in [0.2, 0.25) is 0 Å². The molecule has 1 aromatic rings. The third-order valence-electron chi connectivity index (χ3n) is 5.24. The van der Waals surface area contributed by atoms with Crippen LogP contribution in [0.4, 0.5) is 0 Å². The zero-order valence-electron chi connectivity index (χ0n) is 15.0. The van der Waals surface area contributed by atoms with E-state index in [2.05, 4.69) is 63.8 Å².